The van der Waals surface area contributed by atoms with Gasteiger partial charge in [-0.15, -0.1) is 11.3 Å². The molecule has 144 valence electrons. The van der Waals surface area contributed by atoms with E-state index in [1.165, 1.54) is 25.3 Å². The average molecular weight is 392 g/mol. The van der Waals surface area contributed by atoms with Gasteiger partial charge in [0.2, 0.25) is 0 Å². The van der Waals surface area contributed by atoms with Gasteiger partial charge >= 0.3 is 6.03 Å². The lowest BCUT2D eigenvalue weighted by molar-refractivity contribution is 0.0935. The zero-order valence-electron chi connectivity index (χ0n) is 14.8. The predicted molar refractivity (Wildman–Crippen MR) is 103 cm³/mol. The first-order valence-corrected chi connectivity index (χ1v) is 9.35. The molecule has 3 rings (SSSR count). The SMILES string of the molecule is COc1ccc(F)cc1-c1cc(NC(N)=O)c(C(=O)N[C@H]2CCCNC2)s1. The summed E-state index contributed by atoms with van der Waals surface area (Å²) in [4.78, 5) is 25.0. The molecule has 9 heteroatoms. The topological polar surface area (TPSA) is 105 Å². The van der Waals surface area contributed by atoms with Gasteiger partial charge in [-0.25, -0.2) is 9.18 Å². The molecule has 0 aliphatic carbocycles. The van der Waals surface area contributed by atoms with Gasteiger partial charge in [-0.05, 0) is 43.7 Å². The molecule has 1 aromatic heterocycles. The summed E-state index contributed by atoms with van der Waals surface area (Å²) < 4.78 is 19.0. The Kier molecular flexibility index (Phi) is 5.92. The molecule has 0 bridgehead atoms. The third kappa shape index (κ3) is 4.55. The number of hydrogen-bond donors (Lipinski definition) is 4. The molecule has 1 fully saturated rings. The molecule has 27 heavy (non-hydrogen) atoms. The van der Waals surface area contributed by atoms with E-state index in [4.69, 9.17) is 10.5 Å². The Morgan fingerprint density at radius 1 is 1.37 bits per heavy atom. The van der Waals surface area contributed by atoms with E-state index < -0.39 is 11.8 Å². The number of amides is 3. The summed E-state index contributed by atoms with van der Waals surface area (Å²) in [5.74, 6) is -0.270. The van der Waals surface area contributed by atoms with E-state index in [1.807, 2.05) is 0 Å². The van der Waals surface area contributed by atoms with Crippen LogP contribution < -0.4 is 26.4 Å². The first kappa shape index (κ1) is 19.1. The number of carbonyl (C=O) groups is 2. The summed E-state index contributed by atoms with van der Waals surface area (Å²) in [5.41, 5.74) is 6.02. The number of carbonyl (C=O) groups excluding carboxylic acids is 2. The van der Waals surface area contributed by atoms with Crippen LogP contribution in [0.3, 0.4) is 0 Å². The minimum Gasteiger partial charge on any atom is -0.496 e. The standard InChI is InChI=1S/C18H21FN4O3S/c1-26-14-5-4-10(19)7-12(14)15-8-13(23-18(20)25)16(27-15)17(24)22-11-3-2-6-21-9-11/h4-5,7-8,11,21H,2-3,6,9H2,1H3,(H,22,24)(H3,20,23,25)/t11-/m0/s1. The van der Waals surface area contributed by atoms with Gasteiger partial charge in [-0.2, -0.15) is 0 Å². The molecule has 1 aliphatic rings. The van der Waals surface area contributed by atoms with Gasteiger partial charge in [0.05, 0.1) is 12.8 Å². The molecular weight excluding hydrogens is 371 g/mol. The summed E-state index contributed by atoms with van der Waals surface area (Å²) in [7, 11) is 1.48. The Labute approximate surface area is 160 Å². The van der Waals surface area contributed by atoms with Crippen LogP contribution in [0.15, 0.2) is 24.3 Å². The van der Waals surface area contributed by atoms with Gasteiger partial charge < -0.3 is 26.4 Å². The number of nitrogens with two attached hydrogens (primary N) is 1. The summed E-state index contributed by atoms with van der Waals surface area (Å²) >= 11 is 1.14. The minimum absolute atomic E-state index is 0.0157. The highest BCUT2D eigenvalue weighted by molar-refractivity contribution is 7.18. The number of ether oxygens (including phenoxy) is 1. The Bertz CT molecular complexity index is 849. The number of methoxy groups -OCH3 is 1. The van der Waals surface area contributed by atoms with Crippen LogP contribution in [0.25, 0.3) is 10.4 Å². The number of urea groups is 1. The fourth-order valence-electron chi connectivity index (χ4n) is 3.02. The van der Waals surface area contributed by atoms with E-state index in [-0.39, 0.29) is 17.6 Å². The number of rotatable bonds is 5. The van der Waals surface area contributed by atoms with Crippen molar-refractivity contribution in [3.8, 4) is 16.2 Å². The van der Waals surface area contributed by atoms with Gasteiger partial charge in [0.25, 0.3) is 5.91 Å². The number of halogens is 1. The van der Waals surface area contributed by atoms with Gasteiger partial charge in [0.1, 0.15) is 16.4 Å². The Morgan fingerprint density at radius 3 is 2.85 bits per heavy atom. The van der Waals surface area contributed by atoms with Gasteiger partial charge in [0, 0.05) is 23.0 Å². The Balaban J connectivity index is 1.94. The summed E-state index contributed by atoms with van der Waals surface area (Å²) in [5, 5.41) is 8.67. The zero-order chi connectivity index (χ0) is 19.4. The van der Waals surface area contributed by atoms with Crippen molar-refractivity contribution in [2.75, 3.05) is 25.5 Å². The molecule has 0 saturated carbocycles. The van der Waals surface area contributed by atoms with Crippen LogP contribution in [0.4, 0.5) is 14.9 Å². The Morgan fingerprint density at radius 2 is 2.19 bits per heavy atom. The van der Waals surface area contributed by atoms with E-state index in [9.17, 15) is 14.0 Å². The zero-order valence-corrected chi connectivity index (χ0v) is 15.6. The summed E-state index contributed by atoms with van der Waals surface area (Å²) in [6, 6.07) is 4.97. The highest BCUT2D eigenvalue weighted by atomic mass is 32.1. The van der Waals surface area contributed by atoms with Gasteiger partial charge in [-0.3, -0.25) is 4.79 Å². The number of nitrogens with one attached hydrogen (secondary N) is 3. The second-order valence-electron chi connectivity index (χ2n) is 6.20. The van der Waals surface area contributed by atoms with Crippen molar-refractivity contribution in [2.24, 2.45) is 5.73 Å². The maximum absolute atomic E-state index is 13.7. The molecule has 1 atom stereocenters. The van der Waals surface area contributed by atoms with Crippen LogP contribution in [0, 0.1) is 5.82 Å². The van der Waals surface area contributed by atoms with Crippen LogP contribution >= 0.6 is 11.3 Å². The third-order valence-corrected chi connectivity index (χ3v) is 5.42. The van der Waals surface area contributed by atoms with Crippen LogP contribution in [-0.4, -0.2) is 38.2 Å². The van der Waals surface area contributed by atoms with Crippen molar-refractivity contribution in [1.82, 2.24) is 10.6 Å². The van der Waals surface area contributed by atoms with E-state index >= 15 is 0 Å². The first-order chi connectivity index (χ1) is 13.0. The van der Waals surface area contributed by atoms with Gasteiger partial charge in [-0.1, -0.05) is 0 Å². The molecule has 7 nitrogen and oxygen atoms in total. The molecule has 0 radical (unpaired) electrons. The summed E-state index contributed by atoms with van der Waals surface area (Å²) in [6.45, 7) is 1.63. The van der Waals surface area contributed by atoms with Crippen LogP contribution in [-0.2, 0) is 0 Å². The van der Waals surface area contributed by atoms with E-state index in [0.29, 0.717) is 27.6 Å². The highest BCUT2D eigenvalue weighted by Crippen LogP contribution is 2.39. The monoisotopic (exact) mass is 392 g/mol. The lowest BCUT2D eigenvalue weighted by atomic mass is 10.1. The maximum Gasteiger partial charge on any atom is 0.316 e. The minimum atomic E-state index is -0.779. The van der Waals surface area contributed by atoms with Crippen molar-refractivity contribution in [3.05, 3.63) is 35.0 Å². The van der Waals surface area contributed by atoms with Crippen molar-refractivity contribution < 1.29 is 18.7 Å². The molecule has 0 unspecified atom stereocenters. The third-order valence-electron chi connectivity index (χ3n) is 4.26. The van der Waals surface area contributed by atoms with Crippen molar-refractivity contribution in [2.45, 2.75) is 18.9 Å². The predicted octanol–water partition coefficient (Wildman–Crippen LogP) is 2.54. The number of anilines is 1. The number of hydrogen-bond acceptors (Lipinski definition) is 5. The molecule has 1 saturated heterocycles. The Hall–Kier alpha value is -2.65. The quantitative estimate of drug-likeness (QED) is 0.627. The van der Waals surface area contributed by atoms with Crippen molar-refractivity contribution in [1.29, 1.82) is 0 Å². The molecule has 0 spiro atoms. The number of benzene rings is 1. The fraction of sp³-hybridized carbons (Fsp3) is 0.333. The van der Waals surface area contributed by atoms with E-state index in [1.54, 1.807) is 6.07 Å². The smallest absolute Gasteiger partial charge is 0.316 e. The average Bonchev–Trinajstić information content (AvgIpc) is 3.05. The number of thiophene rings is 1. The first-order valence-electron chi connectivity index (χ1n) is 8.53. The number of piperidine rings is 1. The number of primary amides is 1. The highest BCUT2D eigenvalue weighted by Gasteiger charge is 2.23. The normalized spacial score (nSPS) is 16.6. The molecule has 2 heterocycles. The second-order valence-corrected chi connectivity index (χ2v) is 7.26. The molecule has 3 amide bonds. The van der Waals surface area contributed by atoms with Crippen molar-refractivity contribution >= 4 is 29.0 Å². The largest absolute Gasteiger partial charge is 0.496 e. The molecule has 5 N–H and O–H groups in total. The van der Waals surface area contributed by atoms with Gasteiger partial charge in [0.15, 0.2) is 0 Å². The van der Waals surface area contributed by atoms with Crippen LogP contribution in [0.1, 0.15) is 22.5 Å². The second kappa shape index (κ2) is 8.36. The van der Waals surface area contributed by atoms with Crippen LogP contribution in [0.5, 0.6) is 5.75 Å². The lowest BCUT2D eigenvalue weighted by Crippen LogP contribution is -2.45. The lowest BCUT2D eigenvalue weighted by Gasteiger charge is -2.23. The molecule has 2 aromatic rings. The fourth-order valence-corrected chi connectivity index (χ4v) is 4.05. The maximum atomic E-state index is 13.7. The van der Waals surface area contributed by atoms with E-state index in [2.05, 4.69) is 16.0 Å². The van der Waals surface area contributed by atoms with E-state index in [0.717, 1.165) is 30.7 Å². The summed E-state index contributed by atoms with van der Waals surface area (Å²) in [6.07, 6.45) is 1.86. The van der Waals surface area contributed by atoms with Crippen LogP contribution in [0.2, 0.25) is 0 Å². The van der Waals surface area contributed by atoms with Crippen molar-refractivity contribution in [3.63, 3.8) is 0 Å². The molecule has 1 aromatic carbocycles. The molecule has 1 aliphatic heterocycles. The molecular formula is C18H21FN4O3S.